The molecule has 0 heterocycles. The average molecular weight is 385 g/mol. The van der Waals surface area contributed by atoms with E-state index in [4.69, 9.17) is 4.98 Å². The molecule has 0 bridgehead atoms. The Morgan fingerprint density at radius 1 is 0.792 bits per heavy atom. The van der Waals surface area contributed by atoms with Crippen LogP contribution in [-0.2, 0) is 21.7 Å². The molecule has 0 radical (unpaired) electrons. The standard InChI is InChI=1S/C15H32NSi.C6H10.Ti/c1-10-11(2)13(4)14(12(10)3)17(8,9)16-15(5,6)7;1-5(2)6(3)4;/h10-14H,1-9H3;1,3H2,2,4H3;/q-1;-2;+4/b;6-5-;. The number of nitrogens with zero attached hydrogens (tertiary/aromatic N) is 1. The first-order valence-electron chi connectivity index (χ1n) is 9.17. The Morgan fingerprint density at radius 3 is 1.29 bits per heavy atom. The zero-order valence-corrected chi connectivity index (χ0v) is 20.8. The number of allylic oxidation sites excluding steroid dienone is 2. The van der Waals surface area contributed by atoms with Gasteiger partial charge in [-0.3, -0.25) is 0 Å². The van der Waals surface area contributed by atoms with Crippen LogP contribution >= 0.6 is 0 Å². The van der Waals surface area contributed by atoms with E-state index in [0.29, 0.717) is 0 Å². The second-order valence-electron chi connectivity index (χ2n) is 9.46. The van der Waals surface area contributed by atoms with Crippen molar-refractivity contribution in [1.29, 1.82) is 0 Å². The van der Waals surface area contributed by atoms with Crippen LogP contribution in [0.1, 0.15) is 62.3 Å². The molecule has 0 spiro atoms. The van der Waals surface area contributed by atoms with Crippen molar-refractivity contribution in [3.8, 4) is 0 Å². The predicted molar refractivity (Wildman–Crippen MR) is 110 cm³/mol. The van der Waals surface area contributed by atoms with Crippen molar-refractivity contribution in [3.05, 3.63) is 30.0 Å². The molecule has 1 nitrogen and oxygen atoms in total. The summed E-state index contributed by atoms with van der Waals surface area (Å²) < 4.78 is 0. The van der Waals surface area contributed by atoms with E-state index in [9.17, 15) is 0 Å². The summed E-state index contributed by atoms with van der Waals surface area (Å²) >= 11 is 0. The van der Waals surface area contributed by atoms with Crippen LogP contribution in [0.5, 0.6) is 0 Å². The molecule has 1 fully saturated rings. The first kappa shape index (κ1) is 26.6. The molecular formula is C21H42NSiTi+. The van der Waals surface area contributed by atoms with Crippen molar-refractivity contribution < 1.29 is 21.7 Å². The molecule has 1 aliphatic carbocycles. The summed E-state index contributed by atoms with van der Waals surface area (Å²) in [6.07, 6.45) is 0. The van der Waals surface area contributed by atoms with Crippen LogP contribution in [0.25, 0.3) is 4.98 Å². The van der Waals surface area contributed by atoms with E-state index in [1.165, 1.54) is 0 Å². The van der Waals surface area contributed by atoms with Gasteiger partial charge in [0.15, 0.2) is 0 Å². The van der Waals surface area contributed by atoms with Gasteiger partial charge in [0.2, 0.25) is 0 Å². The third-order valence-electron chi connectivity index (χ3n) is 5.79. The summed E-state index contributed by atoms with van der Waals surface area (Å²) in [6.45, 7) is 32.7. The molecule has 138 valence electrons. The van der Waals surface area contributed by atoms with Crippen molar-refractivity contribution >= 4 is 8.24 Å². The molecule has 4 unspecified atom stereocenters. The molecule has 24 heavy (non-hydrogen) atoms. The second kappa shape index (κ2) is 9.90. The van der Waals surface area contributed by atoms with Crippen LogP contribution in [-0.4, -0.2) is 13.8 Å². The van der Waals surface area contributed by atoms with Crippen molar-refractivity contribution in [1.82, 2.24) is 0 Å². The third kappa shape index (κ3) is 7.72. The van der Waals surface area contributed by atoms with Crippen LogP contribution in [0.4, 0.5) is 0 Å². The summed E-state index contributed by atoms with van der Waals surface area (Å²) in [5, 5.41) is 0. The Morgan fingerprint density at radius 2 is 1.08 bits per heavy atom. The molecule has 0 saturated heterocycles. The molecular weight excluding hydrogens is 342 g/mol. The Hall–Kier alpha value is 0.371. The quantitative estimate of drug-likeness (QED) is 0.351. The zero-order valence-electron chi connectivity index (χ0n) is 18.2. The van der Waals surface area contributed by atoms with Gasteiger partial charge in [0.05, 0.1) is 0 Å². The fourth-order valence-electron chi connectivity index (χ4n) is 4.32. The molecule has 1 rings (SSSR count). The Balaban J connectivity index is 0. The van der Waals surface area contributed by atoms with Gasteiger partial charge >= 0.3 is 21.7 Å². The third-order valence-corrected chi connectivity index (χ3v) is 9.72. The number of rotatable bonds is 2. The molecule has 0 aromatic carbocycles. The SMILES string of the molecule is CC1C(C)C(C)C([Si](C)(C)[N-]C(C)(C)C)C1C.[CH2-]/C(C)=C(\[CH2-])C.[Ti+4]. The molecule has 1 saturated carbocycles. The number of hydrogen-bond donors (Lipinski definition) is 0. The van der Waals surface area contributed by atoms with E-state index in [-0.39, 0.29) is 27.3 Å². The average Bonchev–Trinajstić information content (AvgIpc) is 2.51. The van der Waals surface area contributed by atoms with Gasteiger partial charge < -0.3 is 30.0 Å². The van der Waals surface area contributed by atoms with Gasteiger partial charge in [-0.2, -0.15) is 0 Å². The van der Waals surface area contributed by atoms with E-state index in [2.05, 4.69) is 75.4 Å². The van der Waals surface area contributed by atoms with E-state index in [0.717, 1.165) is 40.4 Å². The molecule has 3 heteroatoms. The first-order chi connectivity index (χ1) is 10.1. The first-order valence-corrected chi connectivity index (χ1v) is 12.2. The van der Waals surface area contributed by atoms with Crippen LogP contribution in [0, 0.1) is 37.5 Å². The molecule has 1 aliphatic rings. The Bertz CT molecular complexity index is 377. The van der Waals surface area contributed by atoms with Gasteiger partial charge in [0.25, 0.3) is 0 Å². The normalized spacial score (nSPS) is 31.5. The molecule has 0 amide bonds. The maximum absolute atomic E-state index is 5.23. The largest absolute Gasteiger partial charge is 4.00 e. The van der Waals surface area contributed by atoms with Crippen molar-refractivity contribution in [2.75, 3.05) is 0 Å². The Labute approximate surface area is 169 Å². The minimum absolute atomic E-state index is 0. The van der Waals surface area contributed by atoms with E-state index in [1.54, 1.807) is 0 Å². The Kier molecular flexibility index (Phi) is 11.0. The van der Waals surface area contributed by atoms with Crippen molar-refractivity contribution in [3.63, 3.8) is 0 Å². The van der Waals surface area contributed by atoms with E-state index in [1.807, 2.05) is 13.8 Å². The van der Waals surface area contributed by atoms with Gasteiger partial charge in [-0.05, 0) is 23.7 Å². The maximum Gasteiger partial charge on any atom is 4.00 e. The summed E-state index contributed by atoms with van der Waals surface area (Å²) in [6, 6.07) is 0. The van der Waals surface area contributed by atoms with Crippen LogP contribution in [0.15, 0.2) is 11.1 Å². The summed E-state index contributed by atoms with van der Waals surface area (Å²) in [4.78, 5) is 5.23. The molecule has 0 aliphatic heterocycles. The summed E-state index contributed by atoms with van der Waals surface area (Å²) in [7, 11) is -1.49. The smallest absolute Gasteiger partial charge is 0.660 e. The maximum atomic E-state index is 5.23. The van der Waals surface area contributed by atoms with Crippen LogP contribution in [0.2, 0.25) is 18.6 Å². The van der Waals surface area contributed by atoms with Crippen molar-refractivity contribution in [2.45, 2.75) is 86.5 Å². The molecule has 0 aromatic heterocycles. The predicted octanol–water partition coefficient (Wildman–Crippen LogP) is 7.28. The summed E-state index contributed by atoms with van der Waals surface area (Å²) in [5.74, 6) is 3.40. The van der Waals surface area contributed by atoms with E-state index >= 15 is 0 Å². The topological polar surface area (TPSA) is 14.1 Å². The fraction of sp³-hybridized carbons (Fsp3) is 0.810. The monoisotopic (exact) mass is 384 g/mol. The fourth-order valence-corrected chi connectivity index (χ4v) is 9.37. The van der Waals surface area contributed by atoms with Crippen molar-refractivity contribution in [2.24, 2.45) is 23.7 Å². The second-order valence-corrected chi connectivity index (χ2v) is 13.7. The van der Waals surface area contributed by atoms with Gasteiger partial charge in [0.1, 0.15) is 0 Å². The minimum Gasteiger partial charge on any atom is -0.660 e. The minimum atomic E-state index is -1.49. The van der Waals surface area contributed by atoms with Gasteiger partial charge in [-0.15, -0.1) is 19.4 Å². The summed E-state index contributed by atoms with van der Waals surface area (Å²) in [5.41, 5.74) is 3.11. The zero-order chi connectivity index (χ0) is 18.7. The number of hydrogen-bond acceptors (Lipinski definition) is 0. The van der Waals surface area contributed by atoms with Gasteiger partial charge in [-0.25, -0.2) is 0 Å². The van der Waals surface area contributed by atoms with Crippen LogP contribution < -0.4 is 0 Å². The molecule has 0 aromatic rings. The van der Waals surface area contributed by atoms with Crippen LogP contribution in [0.3, 0.4) is 0 Å². The van der Waals surface area contributed by atoms with Gasteiger partial charge in [0, 0.05) is 0 Å². The molecule has 4 atom stereocenters. The molecule has 0 N–H and O–H groups in total. The van der Waals surface area contributed by atoms with Gasteiger partial charge in [-0.1, -0.05) is 75.3 Å². The van der Waals surface area contributed by atoms with E-state index < -0.39 is 8.24 Å².